The van der Waals surface area contributed by atoms with Crippen LogP contribution in [0.25, 0.3) is 0 Å². The molecule has 1 heterocycles. The van der Waals surface area contributed by atoms with Crippen molar-refractivity contribution in [3.05, 3.63) is 50.9 Å². The molecule has 0 unspecified atom stereocenters. The third kappa shape index (κ3) is 3.36. The van der Waals surface area contributed by atoms with E-state index in [2.05, 4.69) is 5.32 Å². The summed E-state index contributed by atoms with van der Waals surface area (Å²) in [5.74, 6) is -0.657. The SMILES string of the molecule is Cc1ccc(CC(=O)Nc2sc(C)c(C)c2C(N)=O)cc1C. The van der Waals surface area contributed by atoms with Crippen molar-refractivity contribution in [3.63, 3.8) is 0 Å². The van der Waals surface area contributed by atoms with Gasteiger partial charge in [-0.1, -0.05) is 18.2 Å². The molecule has 0 aliphatic rings. The fraction of sp³-hybridized carbons (Fsp3) is 0.294. The molecule has 0 spiro atoms. The highest BCUT2D eigenvalue weighted by Crippen LogP contribution is 2.32. The zero-order valence-corrected chi connectivity index (χ0v) is 14.1. The zero-order chi connectivity index (χ0) is 16.4. The molecular weight excluding hydrogens is 296 g/mol. The molecule has 5 heteroatoms. The Morgan fingerprint density at radius 2 is 1.82 bits per heavy atom. The Balaban J connectivity index is 2.17. The first kappa shape index (κ1) is 16.2. The first-order valence-electron chi connectivity index (χ1n) is 7.05. The largest absolute Gasteiger partial charge is 0.365 e. The average molecular weight is 316 g/mol. The van der Waals surface area contributed by atoms with Crippen LogP contribution in [-0.2, 0) is 11.2 Å². The van der Waals surface area contributed by atoms with E-state index >= 15 is 0 Å². The Bertz CT molecular complexity index is 747. The van der Waals surface area contributed by atoms with Crippen LogP contribution in [0, 0.1) is 27.7 Å². The molecular formula is C17H20N2O2S. The predicted molar refractivity (Wildman–Crippen MR) is 90.6 cm³/mol. The van der Waals surface area contributed by atoms with Gasteiger partial charge in [0.25, 0.3) is 5.91 Å². The molecule has 0 radical (unpaired) electrons. The van der Waals surface area contributed by atoms with Crippen molar-refractivity contribution in [2.24, 2.45) is 5.73 Å². The normalized spacial score (nSPS) is 10.5. The number of aryl methyl sites for hydroxylation is 3. The van der Waals surface area contributed by atoms with Gasteiger partial charge in [-0.3, -0.25) is 9.59 Å². The van der Waals surface area contributed by atoms with Crippen LogP contribution in [-0.4, -0.2) is 11.8 Å². The van der Waals surface area contributed by atoms with Crippen LogP contribution in [0.2, 0.25) is 0 Å². The summed E-state index contributed by atoms with van der Waals surface area (Å²) < 4.78 is 0. The Morgan fingerprint density at radius 3 is 2.41 bits per heavy atom. The summed E-state index contributed by atoms with van der Waals surface area (Å²) in [5, 5.41) is 3.35. The number of amides is 2. The summed E-state index contributed by atoms with van der Waals surface area (Å²) in [6, 6.07) is 5.96. The number of primary amides is 1. The lowest BCUT2D eigenvalue weighted by atomic mass is 10.0. The molecule has 0 bridgehead atoms. The number of rotatable bonds is 4. The van der Waals surface area contributed by atoms with Crippen LogP contribution in [0.4, 0.5) is 5.00 Å². The number of nitrogens with one attached hydrogen (secondary N) is 1. The Kier molecular flexibility index (Phi) is 4.66. The van der Waals surface area contributed by atoms with Gasteiger partial charge >= 0.3 is 0 Å². The van der Waals surface area contributed by atoms with E-state index in [9.17, 15) is 9.59 Å². The highest BCUT2D eigenvalue weighted by molar-refractivity contribution is 7.16. The number of carbonyl (C=O) groups is 2. The van der Waals surface area contributed by atoms with Gasteiger partial charge in [0.05, 0.1) is 12.0 Å². The molecule has 22 heavy (non-hydrogen) atoms. The number of hydrogen-bond acceptors (Lipinski definition) is 3. The van der Waals surface area contributed by atoms with Gasteiger partial charge in [-0.05, 0) is 49.9 Å². The highest BCUT2D eigenvalue weighted by atomic mass is 32.1. The van der Waals surface area contributed by atoms with E-state index in [1.54, 1.807) is 0 Å². The molecule has 0 aliphatic carbocycles. The Hall–Kier alpha value is -2.14. The molecule has 0 atom stereocenters. The van der Waals surface area contributed by atoms with Crippen LogP contribution in [0.1, 0.15) is 37.5 Å². The van der Waals surface area contributed by atoms with E-state index in [4.69, 9.17) is 5.73 Å². The van der Waals surface area contributed by atoms with Crippen LogP contribution in [0.3, 0.4) is 0 Å². The van der Waals surface area contributed by atoms with Gasteiger partial charge in [0, 0.05) is 4.88 Å². The van der Waals surface area contributed by atoms with Crippen molar-refractivity contribution in [1.29, 1.82) is 0 Å². The summed E-state index contributed by atoms with van der Waals surface area (Å²) in [6.07, 6.45) is 0.273. The molecule has 0 saturated carbocycles. The monoisotopic (exact) mass is 316 g/mol. The van der Waals surface area contributed by atoms with E-state index in [0.717, 1.165) is 21.6 Å². The van der Waals surface area contributed by atoms with Crippen molar-refractivity contribution in [1.82, 2.24) is 0 Å². The van der Waals surface area contributed by atoms with E-state index in [1.807, 2.05) is 45.9 Å². The maximum Gasteiger partial charge on any atom is 0.251 e. The van der Waals surface area contributed by atoms with E-state index in [0.29, 0.717) is 10.6 Å². The van der Waals surface area contributed by atoms with Gasteiger partial charge in [-0.2, -0.15) is 0 Å². The predicted octanol–water partition coefficient (Wildman–Crippen LogP) is 3.26. The van der Waals surface area contributed by atoms with Crippen LogP contribution in [0.15, 0.2) is 18.2 Å². The first-order chi connectivity index (χ1) is 10.3. The van der Waals surface area contributed by atoms with E-state index < -0.39 is 5.91 Å². The highest BCUT2D eigenvalue weighted by Gasteiger charge is 2.19. The van der Waals surface area contributed by atoms with Crippen LogP contribution >= 0.6 is 11.3 Å². The molecule has 2 rings (SSSR count). The molecule has 2 amide bonds. The molecule has 3 N–H and O–H groups in total. The molecule has 0 aliphatic heterocycles. The molecule has 0 fully saturated rings. The van der Waals surface area contributed by atoms with Crippen molar-refractivity contribution in [2.75, 3.05) is 5.32 Å². The lowest BCUT2D eigenvalue weighted by Crippen LogP contribution is -2.18. The van der Waals surface area contributed by atoms with Gasteiger partial charge in [0.1, 0.15) is 5.00 Å². The van der Waals surface area contributed by atoms with Crippen LogP contribution < -0.4 is 11.1 Å². The Labute approximate surface area is 134 Å². The quantitative estimate of drug-likeness (QED) is 0.908. The minimum absolute atomic E-state index is 0.146. The minimum Gasteiger partial charge on any atom is -0.365 e. The standard InChI is InChI=1S/C17H20N2O2S/c1-9-5-6-13(7-10(9)2)8-14(20)19-17-15(16(18)21)11(3)12(4)22-17/h5-7H,8H2,1-4H3,(H2,18,21)(H,19,20). The summed E-state index contributed by atoms with van der Waals surface area (Å²) in [7, 11) is 0. The van der Waals surface area contributed by atoms with Gasteiger partial charge in [0.2, 0.25) is 5.91 Å². The van der Waals surface area contributed by atoms with Gasteiger partial charge in [-0.25, -0.2) is 0 Å². The van der Waals surface area contributed by atoms with Gasteiger partial charge < -0.3 is 11.1 Å². The lowest BCUT2D eigenvalue weighted by molar-refractivity contribution is -0.115. The lowest BCUT2D eigenvalue weighted by Gasteiger charge is -2.07. The minimum atomic E-state index is -0.511. The molecule has 0 saturated heterocycles. The molecule has 116 valence electrons. The second-order valence-electron chi connectivity index (χ2n) is 5.50. The summed E-state index contributed by atoms with van der Waals surface area (Å²) in [5.41, 5.74) is 9.96. The van der Waals surface area contributed by atoms with Crippen molar-refractivity contribution >= 4 is 28.2 Å². The third-order valence-electron chi connectivity index (χ3n) is 3.82. The van der Waals surface area contributed by atoms with Crippen molar-refractivity contribution < 1.29 is 9.59 Å². The summed E-state index contributed by atoms with van der Waals surface area (Å²) in [6.45, 7) is 7.81. The average Bonchev–Trinajstić information content (AvgIpc) is 2.69. The second kappa shape index (κ2) is 6.32. The number of benzene rings is 1. The van der Waals surface area contributed by atoms with E-state index in [1.165, 1.54) is 16.9 Å². The zero-order valence-electron chi connectivity index (χ0n) is 13.2. The number of carbonyl (C=O) groups excluding carboxylic acids is 2. The van der Waals surface area contributed by atoms with Crippen LogP contribution in [0.5, 0.6) is 0 Å². The topological polar surface area (TPSA) is 72.2 Å². The van der Waals surface area contributed by atoms with Gasteiger partial charge in [-0.15, -0.1) is 11.3 Å². The number of thiophene rings is 1. The molecule has 4 nitrogen and oxygen atoms in total. The number of anilines is 1. The van der Waals surface area contributed by atoms with Crippen molar-refractivity contribution in [2.45, 2.75) is 34.1 Å². The second-order valence-corrected chi connectivity index (χ2v) is 6.72. The fourth-order valence-electron chi connectivity index (χ4n) is 2.28. The maximum absolute atomic E-state index is 12.2. The molecule has 1 aromatic heterocycles. The molecule has 1 aromatic carbocycles. The summed E-state index contributed by atoms with van der Waals surface area (Å²) in [4.78, 5) is 24.8. The molecule has 2 aromatic rings. The number of nitrogens with two attached hydrogens (primary N) is 1. The number of hydrogen-bond donors (Lipinski definition) is 2. The first-order valence-corrected chi connectivity index (χ1v) is 7.87. The smallest absolute Gasteiger partial charge is 0.251 e. The van der Waals surface area contributed by atoms with Crippen molar-refractivity contribution in [3.8, 4) is 0 Å². The maximum atomic E-state index is 12.2. The fourth-order valence-corrected chi connectivity index (χ4v) is 3.36. The Morgan fingerprint density at radius 1 is 1.14 bits per heavy atom. The summed E-state index contributed by atoms with van der Waals surface area (Å²) >= 11 is 1.38. The van der Waals surface area contributed by atoms with E-state index in [-0.39, 0.29) is 12.3 Å². The van der Waals surface area contributed by atoms with Gasteiger partial charge in [0.15, 0.2) is 0 Å². The third-order valence-corrected chi connectivity index (χ3v) is 4.94.